The minimum atomic E-state index is -3.49. The highest BCUT2D eigenvalue weighted by Gasteiger charge is 2.29. The number of hydrogen-bond acceptors (Lipinski definition) is 4. The van der Waals surface area contributed by atoms with Gasteiger partial charge in [0.1, 0.15) is 5.82 Å². The molecule has 5 nitrogen and oxygen atoms in total. The van der Waals surface area contributed by atoms with Gasteiger partial charge >= 0.3 is 0 Å². The van der Waals surface area contributed by atoms with Crippen LogP contribution < -0.4 is 0 Å². The number of nitrogens with zero attached hydrogens (tertiary/aromatic N) is 3. The van der Waals surface area contributed by atoms with Crippen LogP contribution in [-0.4, -0.2) is 29.2 Å². The first-order chi connectivity index (χ1) is 9.96. The third kappa shape index (κ3) is 2.86. The van der Waals surface area contributed by atoms with Gasteiger partial charge in [-0.2, -0.15) is 4.31 Å². The summed E-state index contributed by atoms with van der Waals surface area (Å²) in [6.45, 7) is 2.60. The van der Waals surface area contributed by atoms with Gasteiger partial charge in [0.05, 0.1) is 4.90 Å². The molecule has 1 aliphatic rings. The maximum atomic E-state index is 12.7. The molecule has 0 N–H and O–H groups in total. The second-order valence-corrected chi connectivity index (χ2v) is 7.79. The Morgan fingerprint density at radius 3 is 2.90 bits per heavy atom. The molecular formula is C14H14BrN3O2S. The maximum Gasteiger partial charge on any atom is 0.243 e. The van der Waals surface area contributed by atoms with Gasteiger partial charge in [-0.3, -0.25) is 0 Å². The predicted octanol–water partition coefficient (Wildman–Crippen LogP) is 2.29. The molecule has 0 bridgehead atoms. The van der Waals surface area contributed by atoms with Crippen molar-refractivity contribution in [2.75, 3.05) is 6.54 Å². The average Bonchev–Trinajstić information content (AvgIpc) is 2.46. The minimum absolute atomic E-state index is 0.299. The van der Waals surface area contributed by atoms with E-state index in [9.17, 15) is 8.42 Å². The van der Waals surface area contributed by atoms with Gasteiger partial charge in [-0.1, -0.05) is 22.0 Å². The van der Waals surface area contributed by atoms with Crippen LogP contribution in [0.4, 0.5) is 0 Å². The van der Waals surface area contributed by atoms with Gasteiger partial charge < -0.3 is 0 Å². The lowest BCUT2D eigenvalue weighted by Gasteiger charge is -2.27. The van der Waals surface area contributed by atoms with Gasteiger partial charge in [0.25, 0.3) is 0 Å². The molecule has 0 aliphatic carbocycles. The van der Waals surface area contributed by atoms with E-state index >= 15 is 0 Å². The highest BCUT2D eigenvalue weighted by Crippen LogP contribution is 2.25. The van der Waals surface area contributed by atoms with Crippen molar-refractivity contribution in [3.63, 3.8) is 0 Å². The Bertz CT molecular complexity index is 793. The largest absolute Gasteiger partial charge is 0.243 e. The van der Waals surface area contributed by atoms with Crippen LogP contribution in [0.2, 0.25) is 0 Å². The predicted molar refractivity (Wildman–Crippen MR) is 82.2 cm³/mol. The van der Waals surface area contributed by atoms with Crippen molar-refractivity contribution < 1.29 is 8.42 Å². The summed E-state index contributed by atoms with van der Waals surface area (Å²) in [6, 6.07) is 6.76. The summed E-state index contributed by atoms with van der Waals surface area (Å²) in [6.07, 6.45) is 2.34. The first kappa shape index (κ1) is 14.6. The molecule has 0 saturated heterocycles. The van der Waals surface area contributed by atoms with Crippen LogP contribution in [-0.2, 0) is 23.0 Å². The van der Waals surface area contributed by atoms with Crippen LogP contribution in [0.25, 0.3) is 0 Å². The molecule has 1 aliphatic heterocycles. The normalized spacial score (nSPS) is 15.7. The minimum Gasteiger partial charge on any atom is -0.241 e. The van der Waals surface area contributed by atoms with E-state index in [1.54, 1.807) is 30.5 Å². The summed E-state index contributed by atoms with van der Waals surface area (Å²) in [5.41, 5.74) is 1.83. The SMILES string of the molecule is Cc1ncc2c(n1)CCN(S(=O)(=O)c1cccc(Br)c1)C2. The molecule has 0 saturated carbocycles. The summed E-state index contributed by atoms with van der Waals surface area (Å²) >= 11 is 3.31. The Morgan fingerprint density at radius 1 is 1.33 bits per heavy atom. The fraction of sp³-hybridized carbons (Fsp3) is 0.286. The number of sulfonamides is 1. The molecule has 21 heavy (non-hydrogen) atoms. The average molecular weight is 368 g/mol. The van der Waals surface area contributed by atoms with Crippen molar-refractivity contribution in [2.24, 2.45) is 0 Å². The van der Waals surface area contributed by atoms with Crippen molar-refractivity contribution in [2.45, 2.75) is 24.8 Å². The molecule has 3 rings (SSSR count). The zero-order valence-electron chi connectivity index (χ0n) is 11.5. The standard InChI is InChI=1S/C14H14BrN3O2S/c1-10-16-8-11-9-18(6-5-14(11)17-10)21(19,20)13-4-2-3-12(15)7-13/h2-4,7-8H,5-6,9H2,1H3. The summed E-state index contributed by atoms with van der Waals surface area (Å²) in [5, 5.41) is 0. The van der Waals surface area contributed by atoms with Crippen molar-refractivity contribution >= 4 is 26.0 Å². The van der Waals surface area contributed by atoms with E-state index in [2.05, 4.69) is 25.9 Å². The van der Waals surface area contributed by atoms with Gasteiger partial charge in [0, 0.05) is 41.4 Å². The van der Waals surface area contributed by atoms with E-state index in [-0.39, 0.29) is 0 Å². The summed E-state index contributed by atoms with van der Waals surface area (Å²) in [5.74, 6) is 0.719. The molecular weight excluding hydrogens is 354 g/mol. The molecule has 0 radical (unpaired) electrons. The van der Waals surface area contributed by atoms with Crippen LogP contribution in [0.3, 0.4) is 0 Å². The first-order valence-electron chi connectivity index (χ1n) is 6.54. The smallest absolute Gasteiger partial charge is 0.241 e. The van der Waals surface area contributed by atoms with E-state index in [0.717, 1.165) is 21.6 Å². The highest BCUT2D eigenvalue weighted by atomic mass is 79.9. The molecule has 0 unspecified atom stereocenters. The van der Waals surface area contributed by atoms with E-state index in [1.807, 2.05) is 6.92 Å². The molecule has 2 aromatic rings. The molecule has 0 fully saturated rings. The topological polar surface area (TPSA) is 63.2 Å². The number of aryl methyl sites for hydroxylation is 1. The lowest BCUT2D eigenvalue weighted by atomic mass is 10.1. The number of halogens is 1. The lowest BCUT2D eigenvalue weighted by molar-refractivity contribution is 0.386. The Kier molecular flexibility index (Phi) is 3.81. The number of aromatic nitrogens is 2. The summed E-state index contributed by atoms with van der Waals surface area (Å²) in [4.78, 5) is 8.83. The molecule has 1 aromatic heterocycles. The van der Waals surface area contributed by atoms with Crippen LogP contribution in [0.15, 0.2) is 39.8 Å². The number of benzene rings is 1. The van der Waals surface area contributed by atoms with Gasteiger partial charge in [-0.15, -0.1) is 0 Å². The van der Waals surface area contributed by atoms with Crippen molar-refractivity contribution in [1.82, 2.24) is 14.3 Å². The Morgan fingerprint density at radius 2 is 2.14 bits per heavy atom. The van der Waals surface area contributed by atoms with Crippen LogP contribution in [0.1, 0.15) is 17.1 Å². The second-order valence-electron chi connectivity index (χ2n) is 4.94. The summed E-state index contributed by atoms with van der Waals surface area (Å²) < 4.78 is 27.6. The summed E-state index contributed by atoms with van der Waals surface area (Å²) in [7, 11) is -3.49. The van der Waals surface area contributed by atoms with Crippen LogP contribution >= 0.6 is 15.9 Å². The monoisotopic (exact) mass is 367 g/mol. The Hall–Kier alpha value is -1.31. The van der Waals surface area contributed by atoms with Gasteiger partial charge in [0.2, 0.25) is 10.0 Å². The zero-order chi connectivity index (χ0) is 15.0. The fourth-order valence-electron chi connectivity index (χ4n) is 2.37. The molecule has 1 aromatic carbocycles. The van der Waals surface area contributed by atoms with Crippen molar-refractivity contribution in [3.05, 3.63) is 52.0 Å². The van der Waals surface area contributed by atoms with Crippen LogP contribution in [0.5, 0.6) is 0 Å². The zero-order valence-corrected chi connectivity index (χ0v) is 13.9. The first-order valence-corrected chi connectivity index (χ1v) is 8.77. The van der Waals surface area contributed by atoms with E-state index in [0.29, 0.717) is 24.4 Å². The molecule has 0 atom stereocenters. The van der Waals surface area contributed by atoms with E-state index in [1.165, 1.54) is 4.31 Å². The number of fused-ring (bicyclic) bond motifs is 1. The molecule has 110 valence electrons. The molecule has 0 amide bonds. The fourth-order valence-corrected chi connectivity index (χ4v) is 4.39. The lowest BCUT2D eigenvalue weighted by Crippen LogP contribution is -2.36. The molecule has 2 heterocycles. The van der Waals surface area contributed by atoms with Gasteiger partial charge in [-0.05, 0) is 25.1 Å². The van der Waals surface area contributed by atoms with E-state index in [4.69, 9.17) is 0 Å². The van der Waals surface area contributed by atoms with Gasteiger partial charge in [0.15, 0.2) is 0 Å². The quantitative estimate of drug-likeness (QED) is 0.816. The number of hydrogen-bond donors (Lipinski definition) is 0. The van der Waals surface area contributed by atoms with Crippen LogP contribution in [0, 0.1) is 6.92 Å². The Labute approximate surface area is 132 Å². The second kappa shape index (κ2) is 5.47. The third-order valence-electron chi connectivity index (χ3n) is 3.45. The number of rotatable bonds is 2. The molecule has 7 heteroatoms. The highest BCUT2D eigenvalue weighted by molar-refractivity contribution is 9.10. The Balaban J connectivity index is 1.93. The van der Waals surface area contributed by atoms with Crippen molar-refractivity contribution in [1.29, 1.82) is 0 Å². The van der Waals surface area contributed by atoms with Crippen molar-refractivity contribution in [3.8, 4) is 0 Å². The maximum absolute atomic E-state index is 12.7. The van der Waals surface area contributed by atoms with Gasteiger partial charge in [-0.25, -0.2) is 18.4 Å². The van der Waals surface area contributed by atoms with E-state index < -0.39 is 10.0 Å². The molecule has 0 spiro atoms. The third-order valence-corrected chi connectivity index (χ3v) is 5.79.